The van der Waals surface area contributed by atoms with Crippen molar-refractivity contribution in [1.29, 1.82) is 0 Å². The van der Waals surface area contributed by atoms with Crippen LogP contribution < -0.4 is 15.4 Å². The lowest BCUT2D eigenvalue weighted by molar-refractivity contribution is -0.384. The van der Waals surface area contributed by atoms with Gasteiger partial charge in [0.15, 0.2) is 0 Å². The Bertz CT molecular complexity index is 968. The molecule has 0 aromatic heterocycles. The van der Waals surface area contributed by atoms with Crippen molar-refractivity contribution in [2.24, 2.45) is 0 Å². The van der Waals surface area contributed by atoms with Crippen LogP contribution >= 0.6 is 0 Å². The quantitative estimate of drug-likeness (QED) is 0.416. The van der Waals surface area contributed by atoms with Crippen LogP contribution in [0.25, 0.3) is 0 Å². The number of aryl methyl sites for hydroxylation is 1. The third-order valence-electron chi connectivity index (χ3n) is 5.61. The number of rotatable bonds is 6. The van der Waals surface area contributed by atoms with Gasteiger partial charge in [-0.05, 0) is 49.1 Å². The largest absolute Gasteiger partial charge is 0.497 e. The fourth-order valence-electron chi connectivity index (χ4n) is 3.68. The topological polar surface area (TPSA) is 120 Å². The average Bonchev–Trinajstić information content (AvgIpc) is 2.79. The molecule has 0 radical (unpaired) electrons. The summed E-state index contributed by atoms with van der Waals surface area (Å²) in [5.74, 6) is -0.848. The SMILES string of the molecule is COc1ccc(C2(CNC(=O)C(=O)Nc3ccc([N+](=O)[O-])cc3C)CCOCC2)cc1. The second kappa shape index (κ2) is 9.57. The molecule has 0 spiro atoms. The van der Waals surface area contributed by atoms with Crippen molar-refractivity contribution in [3.05, 3.63) is 63.7 Å². The maximum atomic E-state index is 12.5. The molecule has 2 aromatic rings. The lowest BCUT2D eigenvalue weighted by Gasteiger charge is -2.38. The first-order valence-corrected chi connectivity index (χ1v) is 9.91. The second-order valence-electron chi connectivity index (χ2n) is 7.51. The molecule has 0 bridgehead atoms. The van der Waals surface area contributed by atoms with Crippen LogP contribution in [0.4, 0.5) is 11.4 Å². The zero-order valence-corrected chi connectivity index (χ0v) is 17.5. The molecule has 0 atom stereocenters. The molecule has 2 N–H and O–H groups in total. The number of ether oxygens (including phenoxy) is 2. The lowest BCUT2D eigenvalue weighted by atomic mass is 9.74. The van der Waals surface area contributed by atoms with Gasteiger partial charge in [0, 0.05) is 43.0 Å². The highest BCUT2D eigenvalue weighted by molar-refractivity contribution is 6.39. The summed E-state index contributed by atoms with van der Waals surface area (Å²) in [7, 11) is 1.60. The molecule has 0 saturated carbocycles. The molecule has 1 aliphatic rings. The van der Waals surface area contributed by atoms with Crippen LogP contribution in [-0.2, 0) is 19.7 Å². The van der Waals surface area contributed by atoms with E-state index in [2.05, 4.69) is 10.6 Å². The van der Waals surface area contributed by atoms with Crippen LogP contribution in [0.15, 0.2) is 42.5 Å². The van der Waals surface area contributed by atoms with Crippen LogP contribution in [0.3, 0.4) is 0 Å². The van der Waals surface area contributed by atoms with Gasteiger partial charge in [-0.2, -0.15) is 0 Å². The number of carbonyl (C=O) groups is 2. The van der Waals surface area contributed by atoms with E-state index >= 15 is 0 Å². The molecule has 1 aliphatic heterocycles. The first-order chi connectivity index (χ1) is 14.8. The predicted molar refractivity (Wildman–Crippen MR) is 114 cm³/mol. The van der Waals surface area contributed by atoms with Crippen molar-refractivity contribution in [3.8, 4) is 5.75 Å². The third-order valence-corrected chi connectivity index (χ3v) is 5.61. The zero-order chi connectivity index (χ0) is 22.4. The van der Waals surface area contributed by atoms with E-state index in [0.29, 0.717) is 37.3 Å². The minimum absolute atomic E-state index is 0.0825. The minimum atomic E-state index is -0.825. The minimum Gasteiger partial charge on any atom is -0.497 e. The van der Waals surface area contributed by atoms with Crippen molar-refractivity contribution in [1.82, 2.24) is 5.32 Å². The van der Waals surface area contributed by atoms with Crippen LogP contribution in [0.5, 0.6) is 5.75 Å². The molecule has 9 nitrogen and oxygen atoms in total. The van der Waals surface area contributed by atoms with Crippen LogP contribution in [0.2, 0.25) is 0 Å². The van der Waals surface area contributed by atoms with E-state index < -0.39 is 16.7 Å². The van der Waals surface area contributed by atoms with Crippen LogP contribution in [-0.4, -0.2) is 43.6 Å². The van der Waals surface area contributed by atoms with Crippen molar-refractivity contribution in [2.75, 3.05) is 32.2 Å². The molecule has 1 saturated heterocycles. The van der Waals surface area contributed by atoms with Gasteiger partial charge in [-0.3, -0.25) is 19.7 Å². The van der Waals surface area contributed by atoms with Crippen molar-refractivity contribution < 1.29 is 24.0 Å². The Labute approximate surface area is 179 Å². The predicted octanol–water partition coefficient (Wildman–Crippen LogP) is 2.71. The van der Waals surface area contributed by atoms with E-state index in [9.17, 15) is 19.7 Å². The standard InChI is InChI=1S/C22H25N3O6/c1-15-13-17(25(28)29)5-8-19(15)24-21(27)20(26)23-14-22(9-11-31-12-10-22)16-3-6-18(30-2)7-4-16/h3-8,13H,9-12,14H2,1-2H3,(H,23,26)(H,24,27). The second-order valence-corrected chi connectivity index (χ2v) is 7.51. The Morgan fingerprint density at radius 3 is 2.39 bits per heavy atom. The molecule has 2 amide bonds. The molecule has 1 heterocycles. The number of nitrogens with one attached hydrogen (secondary N) is 2. The zero-order valence-electron chi connectivity index (χ0n) is 17.5. The van der Waals surface area contributed by atoms with Gasteiger partial charge in [-0.15, -0.1) is 0 Å². The van der Waals surface area contributed by atoms with Crippen LogP contribution in [0, 0.1) is 17.0 Å². The molecular weight excluding hydrogens is 402 g/mol. The van der Waals surface area contributed by atoms with E-state index in [4.69, 9.17) is 9.47 Å². The molecular formula is C22H25N3O6. The Kier molecular flexibility index (Phi) is 6.86. The number of methoxy groups -OCH3 is 1. The summed E-state index contributed by atoms with van der Waals surface area (Å²) in [6, 6.07) is 11.7. The van der Waals surface area contributed by atoms with Gasteiger partial charge in [-0.25, -0.2) is 0 Å². The molecule has 2 aromatic carbocycles. The number of nitro groups is 1. The Hall–Kier alpha value is -3.46. The summed E-state index contributed by atoms with van der Waals surface area (Å²) in [5, 5.41) is 16.1. The monoisotopic (exact) mass is 427 g/mol. The number of amides is 2. The summed E-state index contributed by atoms with van der Waals surface area (Å²) in [6.45, 7) is 3.04. The normalized spacial score (nSPS) is 15.0. The first-order valence-electron chi connectivity index (χ1n) is 9.91. The number of anilines is 1. The number of non-ortho nitro benzene ring substituents is 1. The van der Waals surface area contributed by atoms with E-state index in [1.807, 2.05) is 24.3 Å². The molecule has 164 valence electrons. The van der Waals surface area contributed by atoms with Crippen molar-refractivity contribution in [2.45, 2.75) is 25.2 Å². The van der Waals surface area contributed by atoms with Crippen molar-refractivity contribution in [3.63, 3.8) is 0 Å². The molecule has 9 heteroatoms. The van der Waals surface area contributed by atoms with Gasteiger partial charge in [0.05, 0.1) is 12.0 Å². The molecule has 31 heavy (non-hydrogen) atoms. The first kappa shape index (κ1) is 22.2. The maximum Gasteiger partial charge on any atom is 0.313 e. The summed E-state index contributed by atoms with van der Waals surface area (Å²) in [6.07, 6.45) is 1.42. The van der Waals surface area contributed by atoms with Gasteiger partial charge in [0.25, 0.3) is 5.69 Å². The van der Waals surface area contributed by atoms with Gasteiger partial charge in [0.1, 0.15) is 5.75 Å². The Morgan fingerprint density at radius 1 is 1.13 bits per heavy atom. The lowest BCUT2D eigenvalue weighted by Crippen LogP contribution is -2.47. The number of carbonyl (C=O) groups excluding carboxylic acids is 2. The highest BCUT2D eigenvalue weighted by Crippen LogP contribution is 2.35. The number of nitro benzene ring substituents is 1. The maximum absolute atomic E-state index is 12.5. The van der Waals surface area contributed by atoms with Gasteiger partial charge < -0.3 is 20.1 Å². The number of nitrogens with zero attached hydrogens (tertiary/aromatic N) is 1. The fraction of sp³-hybridized carbons (Fsp3) is 0.364. The molecule has 0 unspecified atom stereocenters. The van der Waals surface area contributed by atoms with Gasteiger partial charge in [0.2, 0.25) is 0 Å². The highest BCUT2D eigenvalue weighted by Gasteiger charge is 2.35. The van der Waals surface area contributed by atoms with Crippen molar-refractivity contribution >= 4 is 23.2 Å². The van der Waals surface area contributed by atoms with E-state index in [1.165, 1.54) is 18.2 Å². The highest BCUT2D eigenvalue weighted by atomic mass is 16.6. The molecule has 3 rings (SSSR count). The van der Waals surface area contributed by atoms with Gasteiger partial charge in [-0.1, -0.05) is 12.1 Å². The average molecular weight is 427 g/mol. The van der Waals surface area contributed by atoms with E-state index in [1.54, 1.807) is 14.0 Å². The van der Waals surface area contributed by atoms with E-state index in [0.717, 1.165) is 11.3 Å². The Balaban J connectivity index is 1.67. The molecule has 1 fully saturated rings. The Morgan fingerprint density at radius 2 is 1.81 bits per heavy atom. The fourth-order valence-corrected chi connectivity index (χ4v) is 3.68. The third kappa shape index (κ3) is 5.18. The smallest absolute Gasteiger partial charge is 0.313 e. The summed E-state index contributed by atoms with van der Waals surface area (Å²) >= 11 is 0. The molecule has 0 aliphatic carbocycles. The van der Waals surface area contributed by atoms with Crippen LogP contribution in [0.1, 0.15) is 24.0 Å². The summed E-state index contributed by atoms with van der Waals surface area (Å²) < 4.78 is 10.7. The summed E-state index contributed by atoms with van der Waals surface area (Å²) in [5.41, 5.74) is 1.46. The number of benzene rings is 2. The number of hydrogen-bond acceptors (Lipinski definition) is 6. The van der Waals surface area contributed by atoms with E-state index in [-0.39, 0.29) is 17.6 Å². The van der Waals surface area contributed by atoms with Gasteiger partial charge >= 0.3 is 11.8 Å². The number of hydrogen-bond donors (Lipinski definition) is 2. The summed E-state index contributed by atoms with van der Waals surface area (Å²) in [4.78, 5) is 35.2.